The minimum atomic E-state index is 0.489. The lowest BCUT2D eigenvalue weighted by Crippen LogP contribution is -2.40. The Kier molecular flexibility index (Phi) is 7.12. The molecule has 0 unspecified atom stereocenters. The van der Waals surface area contributed by atoms with E-state index in [-0.39, 0.29) is 0 Å². The molecular weight excluding hydrogens is 362 g/mol. The minimum absolute atomic E-state index is 0.489. The average molecular weight is 384 g/mol. The van der Waals surface area contributed by atoms with Gasteiger partial charge in [0.05, 0.1) is 17.3 Å². The molecule has 0 atom stereocenters. The van der Waals surface area contributed by atoms with Crippen LogP contribution in [0.4, 0.5) is 0 Å². The van der Waals surface area contributed by atoms with Crippen LogP contribution in [0.25, 0.3) is 0 Å². The van der Waals surface area contributed by atoms with Crippen LogP contribution in [0, 0.1) is 0 Å². The second kappa shape index (κ2) is 9.10. The number of benzene rings is 1. The van der Waals surface area contributed by atoms with Crippen LogP contribution in [-0.4, -0.2) is 24.0 Å². The summed E-state index contributed by atoms with van der Waals surface area (Å²) in [6, 6.07) is 6.34. The number of rotatable bonds is 5. The first kappa shape index (κ1) is 17.2. The Hall–Kier alpha value is -1.14. The van der Waals surface area contributed by atoms with Gasteiger partial charge >= 0.3 is 0 Å². The van der Waals surface area contributed by atoms with Gasteiger partial charge in [0, 0.05) is 6.04 Å². The molecule has 1 aliphatic carbocycles. The largest absolute Gasteiger partial charge is 0.493 e. The van der Waals surface area contributed by atoms with E-state index in [1.165, 1.54) is 32.1 Å². The summed E-state index contributed by atoms with van der Waals surface area (Å²) in [5.41, 5.74) is 3.86. The molecule has 1 aliphatic rings. The summed E-state index contributed by atoms with van der Waals surface area (Å²) in [7, 11) is 0. The fourth-order valence-corrected chi connectivity index (χ4v) is 3.23. The van der Waals surface area contributed by atoms with Crippen molar-refractivity contribution in [2.75, 3.05) is 6.61 Å². The van der Waals surface area contributed by atoms with E-state index in [2.05, 4.69) is 31.8 Å². The van der Waals surface area contributed by atoms with Gasteiger partial charge in [-0.15, -0.1) is 0 Å². The average Bonchev–Trinajstić information content (AvgIpc) is 2.51. The zero-order valence-corrected chi connectivity index (χ0v) is 15.2. The van der Waals surface area contributed by atoms with E-state index in [0.717, 1.165) is 15.8 Å². The van der Waals surface area contributed by atoms with Crippen molar-refractivity contribution in [3.8, 4) is 5.75 Å². The van der Waals surface area contributed by atoms with Crippen LogP contribution in [-0.2, 0) is 0 Å². The molecule has 0 aromatic heterocycles. The lowest BCUT2D eigenvalue weighted by Gasteiger charge is -2.23. The van der Waals surface area contributed by atoms with Crippen molar-refractivity contribution in [2.24, 2.45) is 5.10 Å². The van der Waals surface area contributed by atoms with Crippen molar-refractivity contribution in [3.63, 3.8) is 0 Å². The van der Waals surface area contributed by atoms with Gasteiger partial charge in [-0.05, 0) is 71.7 Å². The Labute approximate surface area is 145 Å². The highest BCUT2D eigenvalue weighted by molar-refractivity contribution is 9.10. The van der Waals surface area contributed by atoms with Gasteiger partial charge in [-0.1, -0.05) is 19.3 Å². The number of nitrogens with zero attached hydrogens (tertiary/aromatic N) is 1. The molecule has 120 valence electrons. The Morgan fingerprint density at radius 1 is 1.41 bits per heavy atom. The number of hydrogen-bond donors (Lipinski definition) is 2. The molecule has 0 amide bonds. The molecule has 0 radical (unpaired) electrons. The van der Waals surface area contributed by atoms with E-state index in [0.29, 0.717) is 17.8 Å². The van der Waals surface area contributed by atoms with Gasteiger partial charge in [-0.25, -0.2) is 0 Å². The van der Waals surface area contributed by atoms with Crippen molar-refractivity contribution in [2.45, 2.75) is 45.1 Å². The van der Waals surface area contributed by atoms with Crippen LogP contribution >= 0.6 is 28.1 Å². The molecule has 22 heavy (non-hydrogen) atoms. The number of halogens is 1. The standard InChI is InChI=1S/C16H22BrN3OS/c1-2-21-15-9-8-12(10-14(15)17)11-18-20-16(22)19-13-6-4-3-5-7-13/h8-11,13H,2-7H2,1H3,(H2,19,20,22)/b18-11-. The molecule has 1 saturated carbocycles. The first-order valence-electron chi connectivity index (χ1n) is 7.71. The van der Waals surface area contributed by atoms with Crippen molar-refractivity contribution < 1.29 is 4.74 Å². The number of nitrogens with one attached hydrogen (secondary N) is 2. The van der Waals surface area contributed by atoms with E-state index >= 15 is 0 Å². The van der Waals surface area contributed by atoms with Gasteiger partial charge in [0.15, 0.2) is 5.11 Å². The number of hydrazone groups is 1. The maximum atomic E-state index is 5.48. The van der Waals surface area contributed by atoms with Crippen LogP contribution in [0.3, 0.4) is 0 Å². The summed E-state index contributed by atoms with van der Waals surface area (Å²) >= 11 is 8.76. The molecule has 1 aromatic rings. The Morgan fingerprint density at radius 3 is 2.86 bits per heavy atom. The fourth-order valence-electron chi connectivity index (χ4n) is 2.50. The highest BCUT2D eigenvalue weighted by atomic mass is 79.9. The minimum Gasteiger partial charge on any atom is -0.493 e. The molecule has 2 rings (SSSR count). The lowest BCUT2D eigenvalue weighted by molar-refractivity contribution is 0.338. The van der Waals surface area contributed by atoms with Gasteiger partial charge in [-0.3, -0.25) is 5.43 Å². The van der Waals surface area contributed by atoms with Crippen molar-refractivity contribution >= 4 is 39.5 Å². The van der Waals surface area contributed by atoms with Crippen LogP contribution in [0.5, 0.6) is 5.75 Å². The second-order valence-corrected chi connectivity index (χ2v) is 6.56. The quantitative estimate of drug-likeness (QED) is 0.458. The summed E-state index contributed by atoms with van der Waals surface area (Å²) in [5.74, 6) is 0.835. The second-order valence-electron chi connectivity index (χ2n) is 5.30. The van der Waals surface area contributed by atoms with E-state index < -0.39 is 0 Å². The van der Waals surface area contributed by atoms with Gasteiger partial charge in [0.2, 0.25) is 0 Å². The molecule has 4 nitrogen and oxygen atoms in total. The third kappa shape index (κ3) is 5.57. The molecule has 0 bridgehead atoms. The normalized spacial score (nSPS) is 15.7. The first-order valence-corrected chi connectivity index (χ1v) is 8.91. The van der Waals surface area contributed by atoms with Gasteiger partial charge in [-0.2, -0.15) is 5.10 Å². The fraction of sp³-hybridized carbons (Fsp3) is 0.500. The number of thiocarbonyl (C=S) groups is 1. The van der Waals surface area contributed by atoms with E-state index in [1.807, 2.05) is 25.1 Å². The topological polar surface area (TPSA) is 45.6 Å². The number of ether oxygens (including phenoxy) is 1. The predicted octanol–water partition coefficient (Wildman–Crippen LogP) is 3.98. The summed E-state index contributed by atoms with van der Waals surface area (Å²) < 4.78 is 6.40. The maximum absolute atomic E-state index is 5.48. The molecule has 6 heteroatoms. The van der Waals surface area contributed by atoms with Crippen molar-refractivity contribution in [1.29, 1.82) is 0 Å². The number of hydrogen-bond acceptors (Lipinski definition) is 3. The van der Waals surface area contributed by atoms with Crippen LogP contribution in [0.1, 0.15) is 44.6 Å². The van der Waals surface area contributed by atoms with Crippen LogP contribution in [0.15, 0.2) is 27.8 Å². The Balaban J connectivity index is 1.81. The molecule has 0 aliphatic heterocycles. The summed E-state index contributed by atoms with van der Waals surface area (Å²) in [6.07, 6.45) is 8.03. The highest BCUT2D eigenvalue weighted by Crippen LogP contribution is 2.25. The van der Waals surface area contributed by atoms with Crippen molar-refractivity contribution in [1.82, 2.24) is 10.7 Å². The summed E-state index contributed by atoms with van der Waals surface area (Å²) in [6.45, 7) is 2.61. The summed E-state index contributed by atoms with van der Waals surface area (Å²) in [4.78, 5) is 0. The molecule has 1 aromatic carbocycles. The maximum Gasteiger partial charge on any atom is 0.187 e. The zero-order chi connectivity index (χ0) is 15.8. The Morgan fingerprint density at radius 2 is 2.18 bits per heavy atom. The van der Waals surface area contributed by atoms with E-state index in [4.69, 9.17) is 17.0 Å². The van der Waals surface area contributed by atoms with Gasteiger partial charge in [0.25, 0.3) is 0 Å². The van der Waals surface area contributed by atoms with Crippen LogP contribution in [0.2, 0.25) is 0 Å². The first-order chi connectivity index (χ1) is 10.7. The SMILES string of the molecule is CCOc1ccc(/C=N\NC(=S)NC2CCCCC2)cc1Br. The monoisotopic (exact) mass is 383 g/mol. The third-order valence-electron chi connectivity index (χ3n) is 3.58. The predicted molar refractivity (Wildman–Crippen MR) is 98.6 cm³/mol. The molecule has 0 spiro atoms. The third-order valence-corrected chi connectivity index (χ3v) is 4.40. The Bertz CT molecular complexity index is 530. The van der Waals surface area contributed by atoms with Gasteiger partial charge in [0.1, 0.15) is 5.75 Å². The molecule has 2 N–H and O–H groups in total. The lowest BCUT2D eigenvalue weighted by atomic mass is 9.96. The van der Waals surface area contributed by atoms with Gasteiger partial charge < -0.3 is 10.1 Å². The highest BCUT2D eigenvalue weighted by Gasteiger charge is 2.13. The molecule has 0 saturated heterocycles. The van der Waals surface area contributed by atoms with E-state index in [1.54, 1.807) is 6.21 Å². The molecule has 1 fully saturated rings. The van der Waals surface area contributed by atoms with Crippen LogP contribution < -0.4 is 15.5 Å². The summed E-state index contributed by atoms with van der Waals surface area (Å²) in [5, 5.41) is 8.09. The zero-order valence-electron chi connectivity index (χ0n) is 12.8. The molecule has 0 heterocycles. The van der Waals surface area contributed by atoms with Crippen molar-refractivity contribution in [3.05, 3.63) is 28.2 Å². The smallest absolute Gasteiger partial charge is 0.187 e. The van der Waals surface area contributed by atoms with E-state index in [9.17, 15) is 0 Å². The molecular formula is C16H22BrN3OS.